The van der Waals surface area contributed by atoms with Crippen molar-refractivity contribution in [2.24, 2.45) is 5.92 Å². The van der Waals surface area contributed by atoms with Crippen molar-refractivity contribution in [2.75, 3.05) is 19.7 Å². The molecule has 3 amide bonds. The Morgan fingerprint density at radius 2 is 1.82 bits per heavy atom. The first-order valence-electron chi connectivity index (χ1n) is 12.1. The zero-order valence-electron chi connectivity index (χ0n) is 20.6. The molecule has 1 aliphatic rings. The Morgan fingerprint density at radius 3 is 2.51 bits per heavy atom. The summed E-state index contributed by atoms with van der Waals surface area (Å²) in [4.78, 5) is 77.1. The number of fused-ring (bicyclic) bond motifs is 1. The Labute approximate surface area is 221 Å². The molecule has 0 spiro atoms. The molecule has 2 aromatic carbocycles. The fraction of sp³-hybridized carbons (Fsp3) is 0.259. The van der Waals surface area contributed by atoms with Gasteiger partial charge in [0, 0.05) is 28.9 Å². The van der Waals surface area contributed by atoms with E-state index in [0.717, 1.165) is 0 Å². The number of benzene rings is 2. The van der Waals surface area contributed by atoms with Crippen LogP contribution in [0.2, 0.25) is 0 Å². The summed E-state index contributed by atoms with van der Waals surface area (Å²) in [6.45, 7) is -0.909. The van der Waals surface area contributed by atoms with E-state index in [-0.39, 0.29) is 29.0 Å². The maximum Gasteiger partial charge on any atom is 0.380 e. The first kappa shape index (κ1) is 27.2. The lowest BCUT2D eigenvalue weighted by Crippen LogP contribution is -2.48. The summed E-state index contributed by atoms with van der Waals surface area (Å²) in [7, 11) is 0. The van der Waals surface area contributed by atoms with Gasteiger partial charge in [-0.2, -0.15) is 0 Å². The van der Waals surface area contributed by atoms with Gasteiger partial charge in [0.1, 0.15) is 11.5 Å². The van der Waals surface area contributed by atoms with E-state index in [2.05, 4.69) is 20.9 Å². The molecule has 1 fully saturated rings. The molecule has 1 aromatic heterocycles. The molecule has 3 aromatic rings. The Hall–Kier alpha value is -4.87. The number of carbonyl (C=O) groups excluding carboxylic acids is 6. The Morgan fingerprint density at radius 1 is 1.05 bits per heavy atom. The van der Waals surface area contributed by atoms with E-state index in [1.807, 2.05) is 0 Å². The number of ether oxygens (including phenoxy) is 1. The van der Waals surface area contributed by atoms with Gasteiger partial charge in [0.05, 0.1) is 12.6 Å². The lowest BCUT2D eigenvalue weighted by Gasteiger charge is -2.20. The number of Topliss-reactive ketones (excluding diaryl/α,β-unsaturated/α-hetero) is 2. The second-order valence-electron chi connectivity index (χ2n) is 8.94. The number of ketones is 2. The van der Waals surface area contributed by atoms with Gasteiger partial charge < -0.3 is 25.7 Å². The quantitative estimate of drug-likeness (QED) is 0.162. The van der Waals surface area contributed by atoms with Gasteiger partial charge in [0.25, 0.3) is 11.7 Å². The third kappa shape index (κ3) is 6.72. The van der Waals surface area contributed by atoms with Gasteiger partial charge in [-0.15, -0.1) is 0 Å². The van der Waals surface area contributed by atoms with E-state index in [1.165, 1.54) is 30.3 Å². The number of hydrogen-bond donors (Lipinski definition) is 4. The number of esters is 1. The van der Waals surface area contributed by atoms with Crippen LogP contribution in [0.25, 0.3) is 10.9 Å². The summed E-state index contributed by atoms with van der Waals surface area (Å²) in [5.74, 6) is -5.66. The summed E-state index contributed by atoms with van der Waals surface area (Å²) in [5, 5.41) is 7.70. The highest BCUT2D eigenvalue weighted by Gasteiger charge is 2.32. The summed E-state index contributed by atoms with van der Waals surface area (Å²) in [5.41, 5.74) is 0.536. The van der Waals surface area contributed by atoms with Crippen LogP contribution < -0.4 is 16.0 Å². The number of aromatic amines is 1. The molecule has 11 nitrogen and oxygen atoms in total. The van der Waals surface area contributed by atoms with Crippen molar-refractivity contribution in [3.8, 4) is 0 Å². The molecule has 1 aliphatic heterocycles. The van der Waals surface area contributed by atoms with Gasteiger partial charge in [0.15, 0.2) is 12.4 Å². The molecule has 4 rings (SSSR count). The molecule has 0 saturated carbocycles. The van der Waals surface area contributed by atoms with Crippen LogP contribution in [0.4, 0.5) is 4.39 Å². The van der Waals surface area contributed by atoms with Crippen LogP contribution in [0, 0.1) is 11.7 Å². The van der Waals surface area contributed by atoms with Crippen molar-refractivity contribution in [1.82, 2.24) is 20.9 Å². The monoisotopic (exact) mass is 536 g/mol. The summed E-state index contributed by atoms with van der Waals surface area (Å²) in [6.07, 6.45) is 0.383. The summed E-state index contributed by atoms with van der Waals surface area (Å²) in [6, 6.07) is 12.1. The predicted octanol–water partition coefficient (Wildman–Crippen LogP) is 1.04. The standard InChI is InChI=1S/C27H25FN4O7/c28-18-7-4-8-19-17(18)12-21(31-19)26(37)30-13-23(34)32-20(11-16-9-10-29-25(16)36)22(33)14-39-27(38)24(35)15-5-2-1-3-6-15/h1-8,12,16,20,31H,9-11,13-14H2,(H,29,36)(H,30,37)(H,32,34). The van der Waals surface area contributed by atoms with Crippen molar-refractivity contribution in [1.29, 1.82) is 0 Å². The average molecular weight is 537 g/mol. The van der Waals surface area contributed by atoms with Crippen molar-refractivity contribution >= 4 is 46.2 Å². The molecule has 0 bridgehead atoms. The second-order valence-corrected chi connectivity index (χ2v) is 8.94. The lowest BCUT2D eigenvalue weighted by atomic mass is 9.96. The fourth-order valence-corrected chi connectivity index (χ4v) is 4.18. The normalized spacial score (nSPS) is 15.3. The zero-order valence-corrected chi connectivity index (χ0v) is 20.6. The van der Waals surface area contributed by atoms with Gasteiger partial charge in [0.2, 0.25) is 11.8 Å². The highest BCUT2D eigenvalue weighted by molar-refractivity contribution is 6.40. The van der Waals surface area contributed by atoms with E-state index in [0.29, 0.717) is 18.5 Å². The number of rotatable bonds is 11. The molecule has 1 saturated heterocycles. The zero-order chi connectivity index (χ0) is 27.9. The highest BCUT2D eigenvalue weighted by Crippen LogP contribution is 2.19. The van der Waals surface area contributed by atoms with Gasteiger partial charge in [-0.05, 0) is 31.0 Å². The molecule has 0 aliphatic carbocycles. The van der Waals surface area contributed by atoms with E-state index < -0.39 is 60.3 Å². The first-order chi connectivity index (χ1) is 18.7. The Bertz CT molecular complexity index is 1440. The Balaban J connectivity index is 1.35. The second kappa shape index (κ2) is 12.1. The van der Waals surface area contributed by atoms with E-state index in [1.54, 1.807) is 24.3 Å². The molecule has 202 valence electrons. The molecule has 2 unspecified atom stereocenters. The van der Waals surface area contributed by atoms with Gasteiger partial charge >= 0.3 is 5.97 Å². The van der Waals surface area contributed by atoms with Crippen LogP contribution in [0.5, 0.6) is 0 Å². The Kier molecular flexibility index (Phi) is 8.44. The smallest absolute Gasteiger partial charge is 0.380 e. The molecular formula is C27H25FN4O7. The van der Waals surface area contributed by atoms with Crippen molar-refractivity contribution in [3.05, 3.63) is 71.7 Å². The van der Waals surface area contributed by atoms with Crippen LogP contribution in [0.15, 0.2) is 54.6 Å². The summed E-state index contributed by atoms with van der Waals surface area (Å²) >= 11 is 0. The van der Waals surface area contributed by atoms with Gasteiger partial charge in [-0.3, -0.25) is 24.0 Å². The van der Waals surface area contributed by atoms with Gasteiger partial charge in [-0.25, -0.2) is 9.18 Å². The third-order valence-corrected chi connectivity index (χ3v) is 6.24. The minimum atomic E-state index is -1.24. The first-order valence-corrected chi connectivity index (χ1v) is 12.1. The molecule has 4 N–H and O–H groups in total. The lowest BCUT2D eigenvalue weighted by molar-refractivity contribution is -0.144. The number of aromatic nitrogens is 1. The minimum absolute atomic E-state index is 0.0353. The largest absolute Gasteiger partial charge is 0.452 e. The minimum Gasteiger partial charge on any atom is -0.452 e. The molecule has 12 heteroatoms. The van der Waals surface area contributed by atoms with Crippen molar-refractivity contribution < 1.29 is 37.9 Å². The SMILES string of the molecule is O=C(CNC(=O)c1cc2c(F)cccc2[nH]1)NC(CC1CCNC1=O)C(=O)COC(=O)C(=O)c1ccccc1. The third-order valence-electron chi connectivity index (χ3n) is 6.24. The predicted molar refractivity (Wildman–Crippen MR) is 135 cm³/mol. The number of halogens is 1. The number of H-pyrrole nitrogens is 1. The van der Waals surface area contributed by atoms with E-state index in [4.69, 9.17) is 4.74 Å². The molecule has 39 heavy (non-hydrogen) atoms. The average Bonchev–Trinajstić information content (AvgIpc) is 3.56. The number of hydrogen-bond acceptors (Lipinski definition) is 7. The maximum atomic E-state index is 13.9. The van der Waals surface area contributed by atoms with E-state index in [9.17, 15) is 33.2 Å². The van der Waals surface area contributed by atoms with Crippen molar-refractivity contribution in [3.63, 3.8) is 0 Å². The van der Waals surface area contributed by atoms with Crippen LogP contribution in [-0.4, -0.2) is 66.0 Å². The number of amides is 3. The molecular weight excluding hydrogens is 511 g/mol. The highest BCUT2D eigenvalue weighted by atomic mass is 19.1. The number of carbonyl (C=O) groups is 6. The maximum absolute atomic E-state index is 13.9. The number of nitrogens with one attached hydrogen (secondary N) is 4. The molecule has 2 heterocycles. The molecule has 2 atom stereocenters. The topological polar surface area (TPSA) is 164 Å². The van der Waals surface area contributed by atoms with Gasteiger partial charge in [-0.1, -0.05) is 36.4 Å². The van der Waals surface area contributed by atoms with Crippen LogP contribution in [0.1, 0.15) is 33.7 Å². The van der Waals surface area contributed by atoms with Crippen LogP contribution in [-0.2, 0) is 23.9 Å². The van der Waals surface area contributed by atoms with Crippen molar-refractivity contribution in [2.45, 2.75) is 18.9 Å². The molecule has 0 radical (unpaired) electrons. The van der Waals surface area contributed by atoms with Crippen LogP contribution >= 0.6 is 0 Å². The fourth-order valence-electron chi connectivity index (χ4n) is 4.18. The van der Waals surface area contributed by atoms with Crippen LogP contribution in [0.3, 0.4) is 0 Å². The van der Waals surface area contributed by atoms with E-state index >= 15 is 0 Å². The summed E-state index contributed by atoms with van der Waals surface area (Å²) < 4.78 is 18.8.